The van der Waals surface area contributed by atoms with E-state index >= 15 is 0 Å². The fraction of sp³-hybridized carbons (Fsp3) is 0.625. The Hall–Kier alpha value is -0.740. The minimum atomic E-state index is -3.73. The number of hydrogen-bond acceptors (Lipinski definition) is 3. The zero-order valence-electron chi connectivity index (χ0n) is 13.7. The normalized spacial score (nSPS) is 12.8. The van der Waals surface area contributed by atoms with Gasteiger partial charge in [0.05, 0.1) is 11.5 Å². The molecule has 3 nitrogen and oxygen atoms in total. The van der Waals surface area contributed by atoms with Crippen molar-refractivity contribution in [2.24, 2.45) is 5.41 Å². The molecular formula is C16H25ClO3S. The lowest BCUT2D eigenvalue weighted by Gasteiger charge is -2.21. The second kappa shape index (κ2) is 6.57. The quantitative estimate of drug-likeness (QED) is 0.723. The summed E-state index contributed by atoms with van der Waals surface area (Å²) in [6.07, 6.45) is 0.930. The van der Waals surface area contributed by atoms with Crippen LogP contribution >= 0.6 is 10.7 Å². The van der Waals surface area contributed by atoms with E-state index in [-0.39, 0.29) is 16.2 Å². The number of benzene rings is 1. The Labute approximate surface area is 133 Å². The highest BCUT2D eigenvalue weighted by atomic mass is 35.7. The van der Waals surface area contributed by atoms with Crippen molar-refractivity contribution in [2.75, 3.05) is 6.61 Å². The third-order valence-corrected chi connectivity index (χ3v) is 4.77. The van der Waals surface area contributed by atoms with Gasteiger partial charge in [0.1, 0.15) is 5.75 Å². The molecule has 0 radical (unpaired) electrons. The molecule has 1 aromatic rings. The van der Waals surface area contributed by atoms with Crippen molar-refractivity contribution in [1.29, 1.82) is 0 Å². The fourth-order valence-corrected chi connectivity index (χ4v) is 3.19. The molecule has 0 bridgehead atoms. The highest BCUT2D eigenvalue weighted by Gasteiger charge is 2.19. The van der Waals surface area contributed by atoms with Crippen LogP contribution in [0.4, 0.5) is 0 Å². The maximum Gasteiger partial charge on any atom is 0.261 e. The summed E-state index contributed by atoms with van der Waals surface area (Å²) in [6, 6.07) is 3.40. The molecule has 0 N–H and O–H groups in total. The standard InChI is InChI=1S/C16H25ClO3S/c1-11(2)13-10-15(21(17,18)19)12(3)9-14(13)20-8-7-16(4,5)6/h9-11H,7-8H2,1-6H3. The van der Waals surface area contributed by atoms with Gasteiger partial charge in [-0.05, 0) is 47.9 Å². The summed E-state index contributed by atoms with van der Waals surface area (Å²) in [5.74, 6) is 0.906. The molecule has 0 aliphatic carbocycles. The van der Waals surface area contributed by atoms with Gasteiger partial charge in [-0.3, -0.25) is 0 Å². The van der Waals surface area contributed by atoms with Gasteiger partial charge in [0, 0.05) is 10.7 Å². The molecule has 0 spiro atoms. The topological polar surface area (TPSA) is 43.4 Å². The molecule has 0 aromatic heterocycles. The van der Waals surface area contributed by atoms with E-state index in [1.165, 1.54) is 0 Å². The number of aryl methyl sites for hydroxylation is 1. The highest BCUT2D eigenvalue weighted by Crippen LogP contribution is 2.33. The molecule has 0 aliphatic heterocycles. The van der Waals surface area contributed by atoms with Crippen LogP contribution in [-0.4, -0.2) is 15.0 Å². The first-order chi connectivity index (χ1) is 9.42. The van der Waals surface area contributed by atoms with Crippen LogP contribution in [0.25, 0.3) is 0 Å². The molecular weight excluding hydrogens is 308 g/mol. The first kappa shape index (κ1) is 18.3. The molecule has 120 valence electrons. The van der Waals surface area contributed by atoms with Gasteiger partial charge in [0.25, 0.3) is 9.05 Å². The summed E-state index contributed by atoms with van der Waals surface area (Å²) in [6.45, 7) is 12.8. The first-order valence-electron chi connectivity index (χ1n) is 7.14. The SMILES string of the molecule is Cc1cc(OCCC(C)(C)C)c(C(C)C)cc1S(=O)(=O)Cl. The fourth-order valence-electron chi connectivity index (χ4n) is 1.98. The molecule has 5 heteroatoms. The summed E-state index contributed by atoms with van der Waals surface area (Å²) in [4.78, 5) is 0.163. The van der Waals surface area contributed by atoms with Crippen molar-refractivity contribution in [3.8, 4) is 5.75 Å². The van der Waals surface area contributed by atoms with E-state index in [9.17, 15) is 8.42 Å². The summed E-state index contributed by atoms with van der Waals surface area (Å²) < 4.78 is 29.1. The lowest BCUT2D eigenvalue weighted by molar-refractivity contribution is 0.240. The minimum absolute atomic E-state index is 0.160. The lowest BCUT2D eigenvalue weighted by atomic mass is 9.93. The Kier molecular flexibility index (Phi) is 5.73. The maximum absolute atomic E-state index is 11.6. The number of halogens is 1. The van der Waals surface area contributed by atoms with Gasteiger partial charge in [-0.25, -0.2) is 8.42 Å². The van der Waals surface area contributed by atoms with E-state index in [2.05, 4.69) is 20.8 Å². The zero-order chi connectivity index (χ0) is 16.4. The summed E-state index contributed by atoms with van der Waals surface area (Å²) in [7, 11) is 1.76. The molecule has 0 amide bonds. The van der Waals surface area contributed by atoms with Gasteiger partial charge in [0.15, 0.2) is 0 Å². The average molecular weight is 333 g/mol. The van der Waals surface area contributed by atoms with E-state index < -0.39 is 9.05 Å². The number of ether oxygens (including phenoxy) is 1. The molecule has 1 rings (SSSR count). The van der Waals surface area contributed by atoms with Gasteiger partial charge in [0.2, 0.25) is 0 Å². The third-order valence-electron chi connectivity index (χ3n) is 3.30. The Morgan fingerprint density at radius 3 is 2.24 bits per heavy atom. The molecule has 0 fully saturated rings. The van der Waals surface area contributed by atoms with Crippen molar-refractivity contribution in [3.63, 3.8) is 0 Å². The van der Waals surface area contributed by atoms with Crippen LogP contribution in [0.15, 0.2) is 17.0 Å². The predicted molar refractivity (Wildman–Crippen MR) is 87.9 cm³/mol. The van der Waals surface area contributed by atoms with Gasteiger partial charge >= 0.3 is 0 Å². The molecule has 21 heavy (non-hydrogen) atoms. The number of hydrogen-bond donors (Lipinski definition) is 0. The first-order valence-corrected chi connectivity index (χ1v) is 9.45. The Morgan fingerprint density at radius 2 is 1.81 bits per heavy atom. The van der Waals surface area contributed by atoms with Crippen LogP contribution in [0.5, 0.6) is 5.75 Å². The minimum Gasteiger partial charge on any atom is -0.493 e. The lowest BCUT2D eigenvalue weighted by Crippen LogP contribution is -2.12. The van der Waals surface area contributed by atoms with Gasteiger partial charge in [-0.1, -0.05) is 34.6 Å². The molecule has 0 atom stereocenters. The molecule has 0 saturated heterocycles. The zero-order valence-corrected chi connectivity index (χ0v) is 15.2. The highest BCUT2D eigenvalue weighted by molar-refractivity contribution is 8.13. The van der Waals surface area contributed by atoms with Gasteiger partial charge in [-0.2, -0.15) is 0 Å². The Bertz CT molecular complexity index is 599. The number of rotatable bonds is 5. The van der Waals surface area contributed by atoms with E-state index in [4.69, 9.17) is 15.4 Å². The molecule has 0 aliphatic rings. The van der Waals surface area contributed by atoms with E-state index in [0.717, 1.165) is 17.7 Å². The average Bonchev–Trinajstić information content (AvgIpc) is 2.24. The van der Waals surface area contributed by atoms with E-state index in [1.807, 2.05) is 13.8 Å². The smallest absolute Gasteiger partial charge is 0.261 e. The van der Waals surface area contributed by atoms with Crippen LogP contribution in [0.1, 0.15) is 58.1 Å². The van der Waals surface area contributed by atoms with Crippen molar-refractivity contribution in [3.05, 3.63) is 23.3 Å². The second-order valence-electron chi connectivity index (χ2n) is 6.91. The Morgan fingerprint density at radius 1 is 1.24 bits per heavy atom. The Balaban J connectivity index is 3.12. The van der Waals surface area contributed by atoms with E-state index in [1.54, 1.807) is 19.1 Å². The molecule has 1 aromatic carbocycles. The van der Waals surface area contributed by atoms with Crippen molar-refractivity contribution in [1.82, 2.24) is 0 Å². The molecule has 0 unspecified atom stereocenters. The van der Waals surface area contributed by atoms with Gasteiger partial charge < -0.3 is 4.74 Å². The van der Waals surface area contributed by atoms with Gasteiger partial charge in [-0.15, -0.1) is 0 Å². The van der Waals surface area contributed by atoms with Crippen LogP contribution < -0.4 is 4.74 Å². The van der Waals surface area contributed by atoms with Crippen molar-refractivity contribution < 1.29 is 13.2 Å². The maximum atomic E-state index is 11.6. The van der Waals surface area contributed by atoms with Crippen LogP contribution in [0.3, 0.4) is 0 Å². The van der Waals surface area contributed by atoms with Crippen LogP contribution in [0.2, 0.25) is 0 Å². The third kappa shape index (κ3) is 5.51. The van der Waals surface area contributed by atoms with Crippen LogP contribution in [-0.2, 0) is 9.05 Å². The van der Waals surface area contributed by atoms with Crippen LogP contribution in [0, 0.1) is 12.3 Å². The predicted octanol–water partition coefficient (Wildman–Crippen LogP) is 4.86. The summed E-state index contributed by atoms with van der Waals surface area (Å²) in [5.41, 5.74) is 1.68. The van der Waals surface area contributed by atoms with Crippen molar-refractivity contribution in [2.45, 2.75) is 58.8 Å². The monoisotopic (exact) mass is 332 g/mol. The summed E-state index contributed by atoms with van der Waals surface area (Å²) >= 11 is 0. The largest absolute Gasteiger partial charge is 0.493 e. The summed E-state index contributed by atoms with van der Waals surface area (Å²) in [5, 5.41) is 0. The molecule has 0 saturated carbocycles. The second-order valence-corrected chi connectivity index (χ2v) is 9.44. The van der Waals surface area contributed by atoms with E-state index in [0.29, 0.717) is 12.2 Å². The van der Waals surface area contributed by atoms with Crippen molar-refractivity contribution >= 4 is 19.7 Å². The molecule has 0 heterocycles.